The summed E-state index contributed by atoms with van der Waals surface area (Å²) in [6.45, 7) is 15.3. The van der Waals surface area contributed by atoms with Gasteiger partial charge in [-0.3, -0.25) is 4.79 Å². The Morgan fingerprint density at radius 1 is 0.269 bits per heavy atom. The van der Waals surface area contributed by atoms with Gasteiger partial charge in [0.1, 0.15) is 264 Å². The molecule has 0 spiro atoms. The summed E-state index contributed by atoms with van der Waals surface area (Å²) in [5, 5.41) is 9.26. The molecule has 130 heavy (non-hydrogen) atoms. The number of ether oxygens (including phenoxy) is 4. The summed E-state index contributed by atoms with van der Waals surface area (Å²) >= 11 is 0. The van der Waals surface area contributed by atoms with Gasteiger partial charge in [0.25, 0.3) is 0 Å². The van der Waals surface area contributed by atoms with Crippen molar-refractivity contribution in [3.05, 3.63) is 77.4 Å². The third kappa shape index (κ3) is 58.1. The van der Waals surface area contributed by atoms with Crippen LogP contribution in [0.1, 0.15) is 82.9 Å². The number of benzene rings is 3. The van der Waals surface area contributed by atoms with Gasteiger partial charge >= 0.3 is 13.1 Å². The van der Waals surface area contributed by atoms with Gasteiger partial charge in [-0.25, -0.2) is 196 Å². The van der Waals surface area contributed by atoms with E-state index in [0.717, 1.165) is 46.1 Å². The minimum absolute atomic E-state index is 0.0761. The summed E-state index contributed by atoms with van der Waals surface area (Å²) in [5.74, 6) is -0.810. The van der Waals surface area contributed by atoms with Crippen molar-refractivity contribution in [2.75, 3.05) is 318 Å². The number of hydrogen-bond donors (Lipinski definition) is 1. The SMILES string of the molecule is COCCOOCCOOCCOOCCOOCCOOCCOOCCOOCCOOCCOOCCOOCCOCCCC1(CCCOCCOOCCOOCCOOCCOOCCOOCCOOCCOOCCOOCCOOCCOOCCOC)c2cc(B3OC(C)(C)C(C)(C)O3)ccc2-c2ccc(-c3ccc(CCCC(=O)O)cc3)cc21. The van der Waals surface area contributed by atoms with Gasteiger partial charge in [-0.1, -0.05) is 54.6 Å². The van der Waals surface area contributed by atoms with Gasteiger partial charge in [0, 0.05) is 39.3 Å². The van der Waals surface area contributed by atoms with Crippen LogP contribution in [0.5, 0.6) is 0 Å². The molecule has 48 nitrogen and oxygen atoms in total. The molecule has 49 heteroatoms. The number of carboxylic acids is 1. The summed E-state index contributed by atoms with van der Waals surface area (Å²) in [6.07, 6.45) is 4.17. The largest absolute Gasteiger partial charge is 0.494 e. The van der Waals surface area contributed by atoms with E-state index in [-0.39, 0.29) is 271 Å². The molecule has 2 aliphatic rings. The molecule has 1 aliphatic heterocycles. The molecule has 0 amide bonds. The zero-order chi connectivity index (χ0) is 92.3. The van der Waals surface area contributed by atoms with Gasteiger partial charge in [-0.15, -0.1) is 0 Å². The smallest absolute Gasteiger partial charge is 0.481 e. The van der Waals surface area contributed by atoms with Crippen molar-refractivity contribution in [3.8, 4) is 22.3 Å². The molecule has 0 atom stereocenters. The van der Waals surface area contributed by atoms with E-state index < -0.39 is 29.7 Å². The zero-order valence-electron chi connectivity index (χ0n) is 75.5. The summed E-state index contributed by atoms with van der Waals surface area (Å²) in [5.41, 5.74) is 7.11. The molecule has 3 aromatic rings. The lowest BCUT2D eigenvalue weighted by atomic mass is 9.69. The standard InChI is InChI=1S/C81H135BO48/c1-79(2)80(3,4)130-82(129-79)73-17-19-75-74-18-16-72(71-14-12-70(13-15-71)10-7-11-78(83)84)68-76(74)81(77(75)69-73,20-8-22-87-26-30-91-95-34-38-99-103-42-46-107-111-50-54-115-119-58-62-123-127-66-64-125-121-60-56-117-113-52-48-109-105-44-40-101-97-36-32-93-89-28-24-85-5)21-9-23-88-27-31-92-96-35-39-100-104-43-47-108-112-51-55-116-120-59-63-124-128-67-65-126-122-61-57-118-114-53-49-110-106-45-41-102-98-37-33-94-90-29-25-86-6/h12-19,68-69H,7-11,20-67H2,1-6H3,(H,83,84). The molecule has 750 valence electrons. The van der Waals surface area contributed by atoms with Gasteiger partial charge in [0.15, 0.2) is 0 Å². The Bertz CT molecular complexity index is 2940. The number of hydrogen-bond acceptors (Lipinski definition) is 47. The summed E-state index contributed by atoms with van der Waals surface area (Å²) in [6, 6.07) is 21.6. The molecule has 0 radical (unpaired) electrons. The van der Waals surface area contributed by atoms with Crippen LogP contribution in [-0.4, -0.2) is 348 Å². The lowest BCUT2D eigenvalue weighted by Gasteiger charge is -2.33. The highest BCUT2D eigenvalue weighted by Crippen LogP contribution is 2.55. The van der Waals surface area contributed by atoms with Crippen LogP contribution in [0.15, 0.2) is 60.7 Å². The first-order chi connectivity index (χ1) is 64.0. The van der Waals surface area contributed by atoms with Gasteiger partial charge in [0.2, 0.25) is 0 Å². The normalized spacial score (nSPS) is 13.8. The van der Waals surface area contributed by atoms with E-state index in [1.165, 1.54) is 11.1 Å². The minimum Gasteiger partial charge on any atom is -0.481 e. The average Bonchev–Trinajstić information content (AvgIpc) is 1.56. The topological polar surface area (TPSA) is 462 Å². The molecule has 1 N–H and O–H groups in total. The summed E-state index contributed by atoms with van der Waals surface area (Å²) < 4.78 is 35.2. The molecule has 0 unspecified atom stereocenters. The maximum Gasteiger partial charge on any atom is 0.494 e. The monoisotopic (exact) mass is 1890 g/mol. The molecule has 1 fully saturated rings. The number of methoxy groups -OCH3 is 2. The predicted octanol–water partition coefficient (Wildman–Crippen LogP) is 6.18. The fourth-order valence-electron chi connectivity index (χ4n) is 10.9. The lowest BCUT2D eigenvalue weighted by molar-refractivity contribution is -0.379. The predicted molar refractivity (Wildman–Crippen MR) is 436 cm³/mol. The van der Waals surface area contributed by atoms with Crippen molar-refractivity contribution >= 4 is 18.6 Å². The van der Waals surface area contributed by atoms with Crippen LogP contribution >= 0.6 is 0 Å². The summed E-state index contributed by atoms with van der Waals surface area (Å²) in [4.78, 5) is 211. The van der Waals surface area contributed by atoms with Gasteiger partial charge in [0.05, 0.1) is 37.6 Å². The zero-order valence-corrected chi connectivity index (χ0v) is 75.5. The van der Waals surface area contributed by atoms with E-state index >= 15 is 0 Å². The Morgan fingerprint density at radius 2 is 0.492 bits per heavy atom. The van der Waals surface area contributed by atoms with Gasteiger partial charge in [-0.2, -0.15) is 0 Å². The van der Waals surface area contributed by atoms with Crippen molar-refractivity contribution in [1.82, 2.24) is 0 Å². The first-order valence-corrected chi connectivity index (χ1v) is 43.0. The molecular formula is C81H135BO48. The van der Waals surface area contributed by atoms with E-state index in [9.17, 15) is 9.90 Å². The highest BCUT2D eigenvalue weighted by Gasteiger charge is 2.53. The highest BCUT2D eigenvalue weighted by atomic mass is 17.3. The molecule has 0 bridgehead atoms. The third-order valence-electron chi connectivity index (χ3n) is 17.4. The quantitative estimate of drug-likeness (QED) is 0.0285. The first-order valence-electron chi connectivity index (χ1n) is 43.0. The van der Waals surface area contributed by atoms with Gasteiger partial charge < -0.3 is 33.4 Å². The Labute approximate surface area is 756 Å². The van der Waals surface area contributed by atoms with E-state index in [2.05, 4.69) is 60.7 Å². The summed E-state index contributed by atoms with van der Waals surface area (Å²) in [7, 11) is 2.54. The van der Waals surface area contributed by atoms with Crippen LogP contribution in [0.4, 0.5) is 0 Å². The fraction of sp³-hybridized carbons (Fsp3) is 0.765. The van der Waals surface area contributed by atoms with Crippen molar-refractivity contribution in [2.45, 2.75) is 89.3 Å². The Morgan fingerprint density at radius 3 is 0.738 bits per heavy atom. The van der Waals surface area contributed by atoms with Crippen LogP contribution in [-0.2, 0) is 240 Å². The van der Waals surface area contributed by atoms with Crippen LogP contribution < -0.4 is 5.46 Å². The fourth-order valence-corrected chi connectivity index (χ4v) is 10.9. The van der Waals surface area contributed by atoms with Crippen molar-refractivity contribution in [2.24, 2.45) is 0 Å². The number of fused-ring (bicyclic) bond motifs is 3. The molecule has 1 saturated heterocycles. The molecule has 0 aromatic heterocycles. The molecular weight excluding hydrogens is 1750 g/mol. The van der Waals surface area contributed by atoms with E-state index in [1.807, 2.05) is 27.7 Å². The van der Waals surface area contributed by atoms with Crippen LogP contribution in [0.25, 0.3) is 22.3 Å². The number of aliphatic carboxylic acids is 1. The first kappa shape index (κ1) is 116. The van der Waals surface area contributed by atoms with Crippen molar-refractivity contribution < 1.29 is 234 Å². The Hall–Kier alpha value is -4.65. The second-order valence-corrected chi connectivity index (χ2v) is 27.5. The number of aryl methyl sites for hydroxylation is 1. The Balaban J connectivity index is 0.862. The average molecular weight is 1890 g/mol. The molecule has 3 aromatic carbocycles. The third-order valence-corrected chi connectivity index (χ3v) is 17.4. The van der Waals surface area contributed by atoms with E-state index in [0.29, 0.717) is 65.3 Å². The second kappa shape index (κ2) is 81.5. The van der Waals surface area contributed by atoms with Crippen LogP contribution in [0.3, 0.4) is 0 Å². The van der Waals surface area contributed by atoms with Crippen LogP contribution in [0.2, 0.25) is 0 Å². The second-order valence-electron chi connectivity index (χ2n) is 27.5. The maximum absolute atomic E-state index is 11.3. The highest BCUT2D eigenvalue weighted by molar-refractivity contribution is 6.62. The number of carboxylic acid groups (broad SMARTS) is 1. The molecule has 1 aliphatic carbocycles. The number of rotatable bonds is 100. The molecule has 0 saturated carbocycles. The number of carbonyl (C=O) groups is 1. The van der Waals surface area contributed by atoms with Crippen molar-refractivity contribution in [1.29, 1.82) is 0 Å². The maximum atomic E-state index is 11.3. The minimum atomic E-state index is -0.810. The molecule has 1 heterocycles. The van der Waals surface area contributed by atoms with Gasteiger partial charge in [-0.05, 0) is 117 Å². The van der Waals surface area contributed by atoms with Crippen LogP contribution in [0, 0.1) is 0 Å². The Kier molecular flexibility index (Phi) is 72.6. The molecule has 5 rings (SSSR count). The lowest BCUT2D eigenvalue weighted by Crippen LogP contribution is -2.41. The van der Waals surface area contributed by atoms with E-state index in [1.54, 1.807) is 14.2 Å². The van der Waals surface area contributed by atoms with Crippen molar-refractivity contribution in [3.63, 3.8) is 0 Å². The van der Waals surface area contributed by atoms with E-state index in [4.69, 9.17) is 224 Å².